The van der Waals surface area contributed by atoms with E-state index in [4.69, 9.17) is 0 Å². The number of pyridine rings is 1. The van der Waals surface area contributed by atoms with Crippen molar-refractivity contribution in [2.24, 2.45) is 0 Å². The van der Waals surface area contributed by atoms with E-state index in [1.165, 1.54) is 5.56 Å². The molecule has 5 heteroatoms. The quantitative estimate of drug-likeness (QED) is 0.898. The van der Waals surface area contributed by atoms with Crippen molar-refractivity contribution >= 4 is 11.7 Å². The standard InChI is InChI=1S/C16H26N4O/c1-4-8-17-13(2)14-7-5-9-18-16(14)20-11-6-10-19(3)15(21)12-20/h5,7,9,13,17H,4,6,8,10-12H2,1-3H3. The molecule has 1 aliphatic heterocycles. The number of anilines is 1. The van der Waals surface area contributed by atoms with Gasteiger partial charge in [-0.25, -0.2) is 4.98 Å². The number of likely N-dealkylation sites (N-methyl/N-ethyl adjacent to an activating group) is 1. The predicted octanol–water partition coefficient (Wildman–Crippen LogP) is 1.81. The lowest BCUT2D eigenvalue weighted by atomic mass is 10.1. The summed E-state index contributed by atoms with van der Waals surface area (Å²) in [6.07, 6.45) is 3.90. The number of hydrogen-bond acceptors (Lipinski definition) is 4. The number of amides is 1. The van der Waals surface area contributed by atoms with Crippen molar-refractivity contribution in [3.63, 3.8) is 0 Å². The second kappa shape index (κ2) is 7.41. The molecule has 1 atom stereocenters. The van der Waals surface area contributed by atoms with Crippen molar-refractivity contribution in [1.82, 2.24) is 15.2 Å². The van der Waals surface area contributed by atoms with Crippen LogP contribution in [0.5, 0.6) is 0 Å². The van der Waals surface area contributed by atoms with Crippen LogP contribution < -0.4 is 10.2 Å². The summed E-state index contributed by atoms with van der Waals surface area (Å²) in [7, 11) is 1.87. The fourth-order valence-corrected chi connectivity index (χ4v) is 2.65. The van der Waals surface area contributed by atoms with E-state index in [-0.39, 0.29) is 11.9 Å². The molecule has 1 aromatic heterocycles. The van der Waals surface area contributed by atoms with E-state index in [1.54, 1.807) is 4.90 Å². The molecule has 116 valence electrons. The van der Waals surface area contributed by atoms with Crippen molar-refractivity contribution in [2.45, 2.75) is 32.7 Å². The second-order valence-corrected chi connectivity index (χ2v) is 5.68. The van der Waals surface area contributed by atoms with Crippen LogP contribution >= 0.6 is 0 Å². The van der Waals surface area contributed by atoms with E-state index in [9.17, 15) is 4.79 Å². The highest BCUT2D eigenvalue weighted by atomic mass is 16.2. The number of carbonyl (C=O) groups excluding carboxylic acids is 1. The molecule has 1 saturated heterocycles. The van der Waals surface area contributed by atoms with E-state index in [2.05, 4.69) is 35.1 Å². The Morgan fingerprint density at radius 2 is 2.24 bits per heavy atom. The lowest BCUT2D eigenvalue weighted by Gasteiger charge is -2.26. The van der Waals surface area contributed by atoms with Crippen LogP contribution in [0.4, 0.5) is 5.82 Å². The van der Waals surface area contributed by atoms with Gasteiger partial charge in [0.2, 0.25) is 5.91 Å². The van der Waals surface area contributed by atoms with Crippen LogP contribution in [0.1, 0.15) is 38.3 Å². The third kappa shape index (κ3) is 3.94. The average molecular weight is 290 g/mol. The van der Waals surface area contributed by atoms with Gasteiger partial charge in [0.05, 0.1) is 6.54 Å². The fraction of sp³-hybridized carbons (Fsp3) is 0.625. The van der Waals surface area contributed by atoms with Gasteiger partial charge >= 0.3 is 0 Å². The molecule has 1 unspecified atom stereocenters. The normalized spacial score (nSPS) is 17.8. The third-order valence-corrected chi connectivity index (χ3v) is 3.96. The number of hydrogen-bond donors (Lipinski definition) is 1. The molecule has 21 heavy (non-hydrogen) atoms. The Balaban J connectivity index is 2.20. The van der Waals surface area contributed by atoms with Gasteiger partial charge in [-0.05, 0) is 32.4 Å². The van der Waals surface area contributed by atoms with Crippen LogP contribution in [0.2, 0.25) is 0 Å². The zero-order valence-corrected chi connectivity index (χ0v) is 13.3. The summed E-state index contributed by atoms with van der Waals surface area (Å²) in [5.41, 5.74) is 1.17. The summed E-state index contributed by atoms with van der Waals surface area (Å²) < 4.78 is 0. The molecular formula is C16H26N4O. The monoisotopic (exact) mass is 290 g/mol. The zero-order valence-electron chi connectivity index (χ0n) is 13.3. The first-order valence-corrected chi connectivity index (χ1v) is 7.80. The van der Waals surface area contributed by atoms with Crippen molar-refractivity contribution in [3.05, 3.63) is 23.9 Å². The maximum absolute atomic E-state index is 12.1. The Morgan fingerprint density at radius 1 is 1.43 bits per heavy atom. The molecule has 1 aromatic rings. The molecule has 0 spiro atoms. The van der Waals surface area contributed by atoms with Gasteiger partial charge in [-0.1, -0.05) is 13.0 Å². The smallest absolute Gasteiger partial charge is 0.241 e. The molecule has 1 N–H and O–H groups in total. The lowest BCUT2D eigenvalue weighted by Crippen LogP contribution is -2.35. The first kappa shape index (κ1) is 15.8. The number of carbonyl (C=O) groups is 1. The first-order valence-electron chi connectivity index (χ1n) is 7.80. The van der Waals surface area contributed by atoms with Gasteiger partial charge < -0.3 is 15.1 Å². The van der Waals surface area contributed by atoms with Gasteiger partial charge in [0.1, 0.15) is 5.82 Å². The molecule has 2 heterocycles. The number of aromatic nitrogens is 1. The summed E-state index contributed by atoms with van der Waals surface area (Å²) in [4.78, 5) is 20.6. The summed E-state index contributed by atoms with van der Waals surface area (Å²) in [6, 6.07) is 4.31. The van der Waals surface area contributed by atoms with Crippen LogP contribution in [-0.2, 0) is 4.79 Å². The van der Waals surface area contributed by atoms with E-state index in [1.807, 2.05) is 19.3 Å². The Bertz CT molecular complexity index is 477. The zero-order chi connectivity index (χ0) is 15.2. The average Bonchev–Trinajstić information content (AvgIpc) is 2.67. The van der Waals surface area contributed by atoms with E-state index in [0.29, 0.717) is 6.54 Å². The van der Waals surface area contributed by atoms with E-state index in [0.717, 1.165) is 38.3 Å². The second-order valence-electron chi connectivity index (χ2n) is 5.68. The third-order valence-electron chi connectivity index (χ3n) is 3.96. The van der Waals surface area contributed by atoms with Gasteiger partial charge in [-0.3, -0.25) is 4.79 Å². The summed E-state index contributed by atoms with van der Waals surface area (Å²) in [5.74, 6) is 1.11. The SMILES string of the molecule is CCCNC(C)c1cccnc1N1CCCN(C)C(=O)C1. The van der Waals surface area contributed by atoms with Gasteiger partial charge in [0.15, 0.2) is 0 Å². The molecule has 1 amide bonds. The highest BCUT2D eigenvalue weighted by Gasteiger charge is 2.23. The maximum atomic E-state index is 12.1. The van der Waals surface area contributed by atoms with Crippen molar-refractivity contribution in [3.8, 4) is 0 Å². The lowest BCUT2D eigenvalue weighted by molar-refractivity contribution is -0.127. The number of nitrogens with zero attached hydrogens (tertiary/aromatic N) is 3. The highest BCUT2D eigenvalue weighted by molar-refractivity contribution is 5.81. The minimum Gasteiger partial charge on any atom is -0.347 e. The van der Waals surface area contributed by atoms with Gasteiger partial charge in [-0.15, -0.1) is 0 Å². The van der Waals surface area contributed by atoms with Crippen LogP contribution in [0, 0.1) is 0 Å². The molecule has 0 aliphatic carbocycles. The topological polar surface area (TPSA) is 48.5 Å². The Labute approximate surface area is 127 Å². The van der Waals surface area contributed by atoms with Crippen LogP contribution in [0.15, 0.2) is 18.3 Å². The van der Waals surface area contributed by atoms with Crippen LogP contribution in [0.3, 0.4) is 0 Å². The Hall–Kier alpha value is -1.62. The van der Waals surface area contributed by atoms with Crippen LogP contribution in [-0.4, -0.2) is 49.0 Å². The van der Waals surface area contributed by atoms with Crippen molar-refractivity contribution in [1.29, 1.82) is 0 Å². The summed E-state index contributed by atoms with van der Waals surface area (Å²) in [6.45, 7) is 7.41. The molecule has 0 bridgehead atoms. The molecule has 1 aliphatic rings. The van der Waals surface area contributed by atoms with E-state index < -0.39 is 0 Å². The molecule has 2 rings (SSSR count). The number of rotatable bonds is 5. The predicted molar refractivity (Wildman–Crippen MR) is 85.4 cm³/mol. The molecule has 0 aromatic carbocycles. The minimum atomic E-state index is 0.165. The summed E-state index contributed by atoms with van der Waals surface area (Å²) >= 11 is 0. The molecule has 0 radical (unpaired) electrons. The Morgan fingerprint density at radius 3 is 3.00 bits per heavy atom. The van der Waals surface area contributed by atoms with Crippen LogP contribution in [0.25, 0.3) is 0 Å². The Kier molecular flexibility index (Phi) is 5.56. The first-order chi connectivity index (χ1) is 10.1. The van der Waals surface area contributed by atoms with Gasteiger partial charge in [0.25, 0.3) is 0 Å². The van der Waals surface area contributed by atoms with Gasteiger partial charge in [0, 0.05) is 37.9 Å². The molecule has 5 nitrogen and oxygen atoms in total. The highest BCUT2D eigenvalue weighted by Crippen LogP contribution is 2.24. The fourth-order valence-electron chi connectivity index (χ4n) is 2.65. The summed E-state index contributed by atoms with van der Waals surface area (Å²) in [5, 5.41) is 3.50. The van der Waals surface area contributed by atoms with Crippen molar-refractivity contribution in [2.75, 3.05) is 38.1 Å². The molecule has 0 saturated carbocycles. The number of nitrogens with one attached hydrogen (secondary N) is 1. The molecular weight excluding hydrogens is 264 g/mol. The maximum Gasteiger partial charge on any atom is 0.241 e. The minimum absolute atomic E-state index is 0.165. The molecule has 1 fully saturated rings. The largest absolute Gasteiger partial charge is 0.347 e. The van der Waals surface area contributed by atoms with E-state index >= 15 is 0 Å². The van der Waals surface area contributed by atoms with Crippen molar-refractivity contribution < 1.29 is 4.79 Å². The van der Waals surface area contributed by atoms with Gasteiger partial charge in [-0.2, -0.15) is 0 Å².